The van der Waals surface area contributed by atoms with E-state index in [-0.39, 0.29) is 18.0 Å². The summed E-state index contributed by atoms with van der Waals surface area (Å²) >= 11 is 0. The van der Waals surface area contributed by atoms with Crippen molar-refractivity contribution in [1.29, 1.82) is 0 Å². The van der Waals surface area contributed by atoms with E-state index in [4.69, 9.17) is 8.61 Å². The molecule has 1 aliphatic rings. The van der Waals surface area contributed by atoms with Crippen molar-refractivity contribution in [2.45, 2.75) is 63.7 Å². The van der Waals surface area contributed by atoms with Gasteiger partial charge < -0.3 is 9.33 Å². The van der Waals surface area contributed by atoms with Crippen LogP contribution in [0.4, 0.5) is 13.2 Å². The molecule has 0 aromatic carbocycles. The van der Waals surface area contributed by atoms with Crippen LogP contribution in [-0.4, -0.2) is 65.3 Å². The summed E-state index contributed by atoms with van der Waals surface area (Å²) in [5.74, 6) is -2.02. The Bertz CT molecular complexity index is 601. The number of rotatable bonds is 4. The van der Waals surface area contributed by atoms with E-state index in [1.54, 1.807) is 0 Å². The number of carbonyl (C=O) groups is 1. The third-order valence-electron chi connectivity index (χ3n) is 4.48. The number of alkyl halides is 3. The van der Waals surface area contributed by atoms with Gasteiger partial charge in [-0.1, -0.05) is 20.8 Å². The van der Waals surface area contributed by atoms with Crippen LogP contribution in [0, 0.1) is 0 Å². The molecule has 2 atom stereocenters. The van der Waals surface area contributed by atoms with Gasteiger partial charge in [0, 0.05) is 19.5 Å². The summed E-state index contributed by atoms with van der Waals surface area (Å²) < 4.78 is 71.9. The molecule has 0 unspecified atom stereocenters. The van der Waals surface area contributed by atoms with E-state index >= 15 is 0 Å². The van der Waals surface area contributed by atoms with Crippen molar-refractivity contribution in [2.75, 3.05) is 19.3 Å². The Hall–Kier alpha value is -0.653. The molecule has 1 heterocycles. The van der Waals surface area contributed by atoms with Crippen LogP contribution in [0.15, 0.2) is 0 Å². The largest absolute Gasteiger partial charge is 0.471 e. The first kappa shape index (κ1) is 22.4. The van der Waals surface area contributed by atoms with Gasteiger partial charge in [0.15, 0.2) is 8.32 Å². The average molecular weight is 406 g/mol. The Kier molecular flexibility index (Phi) is 6.41. The first-order valence-electron chi connectivity index (χ1n) is 7.84. The summed E-state index contributed by atoms with van der Waals surface area (Å²) in [6.07, 6.45) is -5.88. The summed E-state index contributed by atoms with van der Waals surface area (Å²) in [6, 6.07) is 0. The maximum absolute atomic E-state index is 12.8. The fourth-order valence-corrected chi connectivity index (χ4v) is 4.34. The minimum absolute atomic E-state index is 0.112. The van der Waals surface area contributed by atoms with Gasteiger partial charge in [-0.3, -0.25) is 8.98 Å². The molecule has 1 saturated heterocycles. The van der Waals surface area contributed by atoms with Crippen LogP contribution >= 0.6 is 0 Å². The molecule has 148 valence electrons. The molecule has 1 fully saturated rings. The van der Waals surface area contributed by atoms with E-state index in [0.29, 0.717) is 4.90 Å². The quantitative estimate of drug-likeness (QED) is 0.531. The Morgan fingerprint density at radius 1 is 1.12 bits per heavy atom. The van der Waals surface area contributed by atoms with Gasteiger partial charge >= 0.3 is 12.1 Å². The number of piperidine rings is 1. The van der Waals surface area contributed by atoms with Crippen molar-refractivity contribution in [3.8, 4) is 0 Å². The fourth-order valence-electron chi connectivity index (χ4n) is 2.35. The van der Waals surface area contributed by atoms with Gasteiger partial charge in [0.2, 0.25) is 0 Å². The maximum atomic E-state index is 12.8. The molecule has 0 bridgehead atoms. The highest BCUT2D eigenvalue weighted by Crippen LogP contribution is 2.38. The van der Waals surface area contributed by atoms with Gasteiger partial charge in [0.1, 0.15) is 0 Å². The van der Waals surface area contributed by atoms with Crippen LogP contribution in [0.5, 0.6) is 0 Å². The molecule has 1 aliphatic heterocycles. The van der Waals surface area contributed by atoms with E-state index in [9.17, 15) is 26.4 Å². The number of carbonyl (C=O) groups excluding carboxylic acids is 1. The summed E-state index contributed by atoms with van der Waals surface area (Å²) in [5.41, 5.74) is 0. The van der Waals surface area contributed by atoms with Crippen LogP contribution in [0.1, 0.15) is 27.2 Å². The Labute approximate surface area is 147 Å². The van der Waals surface area contributed by atoms with Crippen LogP contribution in [0.25, 0.3) is 0 Å². The molecule has 11 heteroatoms. The molecule has 0 aromatic rings. The summed E-state index contributed by atoms with van der Waals surface area (Å²) in [4.78, 5) is 12.2. The second-order valence-corrected chi connectivity index (χ2v) is 14.2. The smallest absolute Gasteiger partial charge is 0.412 e. The van der Waals surface area contributed by atoms with Crippen molar-refractivity contribution in [2.24, 2.45) is 0 Å². The van der Waals surface area contributed by atoms with Gasteiger partial charge in [0.25, 0.3) is 10.1 Å². The molecule has 1 amide bonds. The number of likely N-dealkylation sites (tertiary alicyclic amines) is 1. The zero-order chi connectivity index (χ0) is 19.8. The third-order valence-corrected chi connectivity index (χ3v) is 9.64. The minimum Gasteiger partial charge on any atom is -0.412 e. The highest BCUT2D eigenvalue weighted by molar-refractivity contribution is 7.86. The summed E-state index contributed by atoms with van der Waals surface area (Å²) in [6.45, 7) is 9.12. The van der Waals surface area contributed by atoms with Gasteiger partial charge in [0.05, 0.1) is 18.5 Å². The Morgan fingerprint density at radius 3 is 2.00 bits per heavy atom. The molecule has 25 heavy (non-hydrogen) atoms. The zero-order valence-corrected chi connectivity index (χ0v) is 17.1. The molecule has 6 nitrogen and oxygen atoms in total. The van der Waals surface area contributed by atoms with Crippen molar-refractivity contribution < 1.29 is 35.0 Å². The summed E-state index contributed by atoms with van der Waals surface area (Å²) in [7, 11) is -6.18. The maximum Gasteiger partial charge on any atom is 0.471 e. The predicted octanol–water partition coefficient (Wildman–Crippen LogP) is 2.52. The van der Waals surface area contributed by atoms with Crippen molar-refractivity contribution in [3.63, 3.8) is 0 Å². The second-order valence-electron chi connectivity index (χ2n) is 7.87. The molecule has 1 rings (SSSR count). The highest BCUT2D eigenvalue weighted by Gasteiger charge is 2.47. The number of hydrogen-bond donors (Lipinski definition) is 0. The average Bonchev–Trinajstić information content (AvgIpc) is 2.32. The highest BCUT2D eigenvalue weighted by atomic mass is 32.2. The molecule has 0 saturated carbocycles. The lowest BCUT2D eigenvalue weighted by atomic mass is 10.1. The van der Waals surface area contributed by atoms with Crippen molar-refractivity contribution in [1.82, 2.24) is 4.90 Å². The van der Waals surface area contributed by atoms with Gasteiger partial charge in [-0.2, -0.15) is 21.6 Å². The zero-order valence-electron chi connectivity index (χ0n) is 15.3. The lowest BCUT2D eigenvalue weighted by molar-refractivity contribution is -0.189. The molecule has 0 aromatic heterocycles. The van der Waals surface area contributed by atoms with Crippen LogP contribution in [-0.2, 0) is 23.5 Å². The number of hydrogen-bond acceptors (Lipinski definition) is 5. The van der Waals surface area contributed by atoms with Crippen molar-refractivity contribution in [3.05, 3.63) is 0 Å². The first-order valence-corrected chi connectivity index (χ1v) is 12.6. The minimum atomic E-state index is -5.03. The Balaban J connectivity index is 3.02. The fraction of sp³-hybridized carbons (Fsp3) is 0.929. The Morgan fingerprint density at radius 2 is 1.60 bits per heavy atom. The van der Waals surface area contributed by atoms with E-state index in [1.807, 2.05) is 33.9 Å². The lowest BCUT2D eigenvalue weighted by Gasteiger charge is -2.44. The van der Waals surface area contributed by atoms with E-state index < -0.39 is 49.3 Å². The van der Waals surface area contributed by atoms with Crippen molar-refractivity contribution >= 4 is 24.3 Å². The molecule has 0 spiro atoms. The van der Waals surface area contributed by atoms with Crippen LogP contribution in [0.2, 0.25) is 18.1 Å². The topological polar surface area (TPSA) is 72.9 Å². The molecular weight excluding hydrogens is 379 g/mol. The predicted molar refractivity (Wildman–Crippen MR) is 89.0 cm³/mol. The van der Waals surface area contributed by atoms with Gasteiger partial charge in [-0.05, 0) is 18.1 Å². The number of nitrogens with zero attached hydrogens (tertiary/aromatic N) is 1. The second kappa shape index (κ2) is 7.16. The third kappa shape index (κ3) is 6.54. The standard InChI is InChI=1S/C14H26F3NO5SSi/c1-13(2,3)25(5,6)23-11-7-10(22-24(4,20)21)8-18(9-11)12(19)14(15,16)17/h10-11H,7-9H2,1-6H3/t10-,11+/m1/s1. The number of halogens is 3. The monoisotopic (exact) mass is 405 g/mol. The van der Waals surface area contributed by atoms with Crippen LogP contribution in [0.3, 0.4) is 0 Å². The SMILES string of the molecule is CC(C)(C)[Si](C)(C)O[C@H]1C[C@@H](OS(C)(=O)=O)CN(C(=O)C(F)(F)F)C1. The van der Waals surface area contributed by atoms with Gasteiger partial charge in [-0.15, -0.1) is 0 Å². The van der Waals surface area contributed by atoms with E-state index in [0.717, 1.165) is 6.26 Å². The van der Waals surface area contributed by atoms with E-state index in [1.165, 1.54) is 0 Å². The lowest BCUT2D eigenvalue weighted by Crippen LogP contribution is -2.56. The van der Waals surface area contributed by atoms with Gasteiger partial charge in [-0.25, -0.2) is 0 Å². The van der Waals surface area contributed by atoms with E-state index in [2.05, 4.69) is 0 Å². The first-order chi connectivity index (χ1) is 10.9. The molecule has 0 radical (unpaired) electrons. The molecule has 0 N–H and O–H groups in total. The number of amides is 1. The normalized spacial score (nSPS) is 23.6. The molecular formula is C14H26F3NO5SSi. The molecule has 0 aliphatic carbocycles. The summed E-state index contributed by atoms with van der Waals surface area (Å²) in [5, 5.41) is -0.184. The van der Waals surface area contributed by atoms with Crippen LogP contribution < -0.4 is 0 Å².